The number of fused-ring (bicyclic) bond motifs is 1. The Morgan fingerprint density at radius 3 is 2.68 bits per heavy atom. The maximum absolute atomic E-state index is 12.9. The van der Waals surface area contributed by atoms with E-state index < -0.39 is 10.8 Å². The molecule has 0 saturated heterocycles. The molecule has 0 spiro atoms. The van der Waals surface area contributed by atoms with Crippen LogP contribution in [-0.2, 0) is 19.5 Å². The Hall–Kier alpha value is -3.88. The lowest BCUT2D eigenvalue weighted by molar-refractivity contribution is -0.384. The number of nitro benzene ring substituents is 1. The SMILES string of the molecule is COc1ccc(Oc2ccc([N+](=O)[O-])cc2C(=O)NCc2cn3c(n2)CCCC3)cc1. The fourth-order valence-electron chi connectivity index (χ4n) is 3.49. The van der Waals surface area contributed by atoms with Crippen LogP contribution in [0.25, 0.3) is 0 Å². The van der Waals surface area contributed by atoms with Crippen molar-refractivity contribution in [3.63, 3.8) is 0 Å². The van der Waals surface area contributed by atoms with E-state index in [-0.39, 0.29) is 23.5 Å². The van der Waals surface area contributed by atoms with Gasteiger partial charge in [-0.3, -0.25) is 14.9 Å². The summed E-state index contributed by atoms with van der Waals surface area (Å²) in [6.07, 6.45) is 5.10. The molecule has 0 radical (unpaired) electrons. The molecule has 2 heterocycles. The first-order chi connectivity index (χ1) is 15.0. The van der Waals surface area contributed by atoms with E-state index in [0.717, 1.165) is 37.3 Å². The summed E-state index contributed by atoms with van der Waals surface area (Å²) in [5, 5.41) is 14.0. The number of non-ortho nitro benzene ring substituents is 1. The second kappa shape index (κ2) is 8.86. The van der Waals surface area contributed by atoms with Crippen molar-refractivity contribution >= 4 is 11.6 Å². The molecule has 0 atom stereocenters. The zero-order valence-electron chi connectivity index (χ0n) is 17.0. The molecule has 2 aromatic carbocycles. The first-order valence-electron chi connectivity index (χ1n) is 9.97. The van der Waals surface area contributed by atoms with Crippen LogP contribution in [0.2, 0.25) is 0 Å². The molecule has 9 nitrogen and oxygen atoms in total. The summed E-state index contributed by atoms with van der Waals surface area (Å²) in [7, 11) is 1.56. The molecule has 4 rings (SSSR count). The van der Waals surface area contributed by atoms with Gasteiger partial charge >= 0.3 is 0 Å². The highest BCUT2D eigenvalue weighted by Gasteiger charge is 2.19. The van der Waals surface area contributed by atoms with Crippen molar-refractivity contribution in [3.05, 3.63) is 75.9 Å². The molecule has 1 aliphatic rings. The highest BCUT2D eigenvalue weighted by Crippen LogP contribution is 2.30. The van der Waals surface area contributed by atoms with Gasteiger partial charge in [-0.2, -0.15) is 0 Å². The molecular weight excluding hydrogens is 400 g/mol. The highest BCUT2D eigenvalue weighted by molar-refractivity contribution is 5.97. The van der Waals surface area contributed by atoms with Crippen LogP contribution < -0.4 is 14.8 Å². The van der Waals surface area contributed by atoms with E-state index in [1.54, 1.807) is 31.4 Å². The molecule has 0 bridgehead atoms. The highest BCUT2D eigenvalue weighted by atomic mass is 16.6. The Labute approximate surface area is 178 Å². The number of aryl methyl sites for hydroxylation is 2. The minimum absolute atomic E-state index is 0.0778. The minimum Gasteiger partial charge on any atom is -0.497 e. The number of aromatic nitrogens is 2. The fourth-order valence-corrected chi connectivity index (χ4v) is 3.49. The van der Waals surface area contributed by atoms with E-state index in [2.05, 4.69) is 14.9 Å². The molecule has 31 heavy (non-hydrogen) atoms. The molecule has 1 aliphatic heterocycles. The Morgan fingerprint density at radius 1 is 1.19 bits per heavy atom. The molecule has 160 valence electrons. The van der Waals surface area contributed by atoms with Crippen molar-refractivity contribution in [1.29, 1.82) is 0 Å². The molecule has 0 unspecified atom stereocenters. The summed E-state index contributed by atoms with van der Waals surface area (Å²) >= 11 is 0. The monoisotopic (exact) mass is 422 g/mol. The molecule has 1 amide bonds. The van der Waals surface area contributed by atoms with Gasteiger partial charge in [-0.25, -0.2) is 4.98 Å². The molecule has 0 fully saturated rings. The van der Waals surface area contributed by atoms with E-state index in [1.165, 1.54) is 18.2 Å². The lowest BCUT2D eigenvalue weighted by atomic mass is 10.1. The number of amides is 1. The van der Waals surface area contributed by atoms with Gasteiger partial charge in [0.05, 0.1) is 29.8 Å². The van der Waals surface area contributed by atoms with Crippen molar-refractivity contribution in [2.75, 3.05) is 7.11 Å². The number of methoxy groups -OCH3 is 1. The van der Waals surface area contributed by atoms with Gasteiger partial charge in [-0.15, -0.1) is 0 Å². The van der Waals surface area contributed by atoms with E-state index >= 15 is 0 Å². The first-order valence-corrected chi connectivity index (χ1v) is 9.97. The van der Waals surface area contributed by atoms with Crippen LogP contribution in [0.15, 0.2) is 48.7 Å². The quantitative estimate of drug-likeness (QED) is 0.457. The van der Waals surface area contributed by atoms with Gasteiger partial charge in [-0.1, -0.05) is 0 Å². The average molecular weight is 422 g/mol. The van der Waals surface area contributed by atoms with Crippen molar-refractivity contribution in [3.8, 4) is 17.2 Å². The van der Waals surface area contributed by atoms with Crippen LogP contribution >= 0.6 is 0 Å². The predicted molar refractivity (Wildman–Crippen MR) is 112 cm³/mol. The minimum atomic E-state index is -0.544. The van der Waals surface area contributed by atoms with Crippen LogP contribution in [0, 0.1) is 10.1 Å². The van der Waals surface area contributed by atoms with Gasteiger partial charge in [-0.05, 0) is 43.2 Å². The third-order valence-corrected chi connectivity index (χ3v) is 5.09. The van der Waals surface area contributed by atoms with E-state index in [0.29, 0.717) is 11.5 Å². The molecule has 0 saturated carbocycles. The summed E-state index contributed by atoms with van der Waals surface area (Å²) in [6, 6.07) is 10.8. The van der Waals surface area contributed by atoms with Gasteiger partial charge in [0.2, 0.25) is 0 Å². The van der Waals surface area contributed by atoms with Crippen molar-refractivity contribution in [2.24, 2.45) is 0 Å². The maximum Gasteiger partial charge on any atom is 0.270 e. The smallest absolute Gasteiger partial charge is 0.270 e. The lowest BCUT2D eigenvalue weighted by Gasteiger charge is -2.12. The average Bonchev–Trinajstić information content (AvgIpc) is 3.21. The third kappa shape index (κ3) is 4.66. The molecule has 0 aliphatic carbocycles. The van der Waals surface area contributed by atoms with E-state index in [4.69, 9.17) is 9.47 Å². The number of carbonyl (C=O) groups excluding carboxylic acids is 1. The first kappa shape index (κ1) is 20.4. The van der Waals surface area contributed by atoms with Gasteiger partial charge in [0.25, 0.3) is 11.6 Å². The van der Waals surface area contributed by atoms with Crippen LogP contribution in [0.4, 0.5) is 5.69 Å². The molecule has 3 aromatic rings. The van der Waals surface area contributed by atoms with Gasteiger partial charge in [0.15, 0.2) is 0 Å². The van der Waals surface area contributed by atoms with Crippen LogP contribution in [0.1, 0.15) is 34.7 Å². The summed E-state index contributed by atoms with van der Waals surface area (Å²) in [6.45, 7) is 1.16. The lowest BCUT2D eigenvalue weighted by Crippen LogP contribution is -2.23. The number of nitrogens with one attached hydrogen (secondary N) is 1. The van der Waals surface area contributed by atoms with Gasteiger partial charge in [0.1, 0.15) is 23.1 Å². The Morgan fingerprint density at radius 2 is 1.97 bits per heavy atom. The number of hydrogen-bond donors (Lipinski definition) is 1. The number of benzene rings is 2. The number of hydrogen-bond acceptors (Lipinski definition) is 6. The number of imidazole rings is 1. The predicted octanol–water partition coefficient (Wildman–Crippen LogP) is 3.86. The second-order valence-corrected chi connectivity index (χ2v) is 7.20. The zero-order valence-corrected chi connectivity index (χ0v) is 17.0. The van der Waals surface area contributed by atoms with Crippen LogP contribution in [-0.4, -0.2) is 27.5 Å². The van der Waals surface area contributed by atoms with Gasteiger partial charge < -0.3 is 19.4 Å². The number of nitrogens with zero attached hydrogens (tertiary/aromatic N) is 3. The van der Waals surface area contributed by atoms with Gasteiger partial charge in [0, 0.05) is 31.3 Å². The Balaban J connectivity index is 1.53. The number of rotatable bonds is 7. The maximum atomic E-state index is 12.9. The summed E-state index contributed by atoms with van der Waals surface area (Å²) in [4.78, 5) is 28.1. The Bertz CT molecular complexity index is 1080. The molecule has 1 N–H and O–H groups in total. The summed E-state index contributed by atoms with van der Waals surface area (Å²) < 4.78 is 13.1. The van der Waals surface area contributed by atoms with E-state index in [1.807, 2.05) is 6.20 Å². The van der Waals surface area contributed by atoms with Crippen molar-refractivity contribution in [2.45, 2.75) is 32.4 Å². The van der Waals surface area contributed by atoms with Crippen molar-refractivity contribution in [1.82, 2.24) is 14.9 Å². The number of carbonyl (C=O) groups is 1. The molecular formula is C22H22N4O5. The number of ether oxygens (including phenoxy) is 2. The summed E-state index contributed by atoms with van der Waals surface area (Å²) in [5.41, 5.74) is 0.645. The normalized spacial score (nSPS) is 12.7. The Kier molecular flexibility index (Phi) is 5.83. The molecule has 9 heteroatoms. The van der Waals surface area contributed by atoms with E-state index in [9.17, 15) is 14.9 Å². The standard InChI is InChI=1S/C22H22N4O5/c1-30-17-6-8-18(9-7-17)31-20-10-5-16(26(28)29)12-19(20)22(27)23-13-15-14-25-11-3-2-4-21(25)24-15/h5-10,12,14H,2-4,11,13H2,1H3,(H,23,27). The zero-order chi connectivity index (χ0) is 21.8. The van der Waals surface area contributed by atoms with Crippen LogP contribution in [0.3, 0.4) is 0 Å². The fraction of sp³-hybridized carbons (Fsp3) is 0.273. The topological polar surface area (TPSA) is 109 Å². The van der Waals surface area contributed by atoms with Crippen molar-refractivity contribution < 1.29 is 19.2 Å². The number of nitro groups is 1. The summed E-state index contributed by atoms with van der Waals surface area (Å²) in [5.74, 6) is 1.91. The largest absolute Gasteiger partial charge is 0.497 e. The second-order valence-electron chi connectivity index (χ2n) is 7.20. The van der Waals surface area contributed by atoms with Crippen LogP contribution in [0.5, 0.6) is 17.2 Å². The molecule has 1 aromatic heterocycles. The third-order valence-electron chi connectivity index (χ3n) is 5.09.